The van der Waals surface area contributed by atoms with Gasteiger partial charge in [0.15, 0.2) is 0 Å². The number of nitrogens with one attached hydrogen (secondary N) is 1. The molecule has 17 heavy (non-hydrogen) atoms. The molecule has 1 rings (SSSR count). The molecule has 0 aliphatic heterocycles. The van der Waals surface area contributed by atoms with Crippen molar-refractivity contribution in [3.63, 3.8) is 0 Å². The zero-order valence-electron chi connectivity index (χ0n) is 9.62. The predicted molar refractivity (Wildman–Crippen MR) is 72.2 cm³/mol. The zero-order valence-corrected chi connectivity index (χ0v) is 11.2. The van der Waals surface area contributed by atoms with Crippen LogP contribution in [-0.2, 0) is 10.1 Å². The minimum atomic E-state index is -0.0512. The second kappa shape index (κ2) is 7.90. The number of halogens is 1. The highest BCUT2D eigenvalue weighted by molar-refractivity contribution is 9.08. The Labute approximate surface area is 110 Å². The summed E-state index contributed by atoms with van der Waals surface area (Å²) in [5.74, 6) is -0.0512. The summed E-state index contributed by atoms with van der Waals surface area (Å²) in [5.41, 5.74) is 1.83. The van der Waals surface area contributed by atoms with Gasteiger partial charge in [0.25, 0.3) is 5.91 Å². The van der Waals surface area contributed by atoms with E-state index in [0.717, 1.165) is 17.3 Å². The van der Waals surface area contributed by atoms with Crippen LogP contribution in [0.2, 0.25) is 0 Å². The Bertz CT molecular complexity index is 362. The van der Waals surface area contributed by atoms with Gasteiger partial charge >= 0.3 is 0 Å². The van der Waals surface area contributed by atoms with E-state index in [1.807, 2.05) is 24.3 Å². The first-order chi connectivity index (χ1) is 8.27. The molecule has 0 atom stereocenters. The van der Waals surface area contributed by atoms with Gasteiger partial charge in [0, 0.05) is 17.4 Å². The summed E-state index contributed by atoms with van der Waals surface area (Å²) in [4.78, 5) is 11.7. The van der Waals surface area contributed by atoms with Crippen LogP contribution in [0.4, 0.5) is 0 Å². The van der Waals surface area contributed by atoms with Gasteiger partial charge in [-0.15, -0.1) is 0 Å². The highest BCUT2D eigenvalue weighted by Gasteiger charge is 2.03. The lowest BCUT2D eigenvalue weighted by molar-refractivity contribution is 0.0950. The first kappa shape index (κ1) is 13.8. The molecule has 1 amide bonds. The number of benzene rings is 1. The summed E-state index contributed by atoms with van der Waals surface area (Å²) < 4.78 is 4.96. The molecule has 0 radical (unpaired) electrons. The van der Waals surface area contributed by atoms with Crippen molar-refractivity contribution in [1.82, 2.24) is 5.32 Å². The van der Waals surface area contributed by atoms with Crippen molar-refractivity contribution in [2.45, 2.75) is 11.8 Å². The molecule has 0 aromatic heterocycles. The molecule has 0 saturated carbocycles. The number of amides is 1. The maximum Gasteiger partial charge on any atom is 0.251 e. The first-order valence-electron chi connectivity index (χ1n) is 5.43. The third kappa shape index (κ3) is 5.04. The summed E-state index contributed by atoms with van der Waals surface area (Å²) in [5, 5.41) is 3.63. The third-order valence-electron chi connectivity index (χ3n) is 2.21. The molecule has 0 spiro atoms. The van der Waals surface area contributed by atoms with Crippen LogP contribution in [0.5, 0.6) is 0 Å². The number of hydrogen-bond donors (Lipinski definition) is 1. The maximum absolute atomic E-state index is 11.7. The smallest absolute Gasteiger partial charge is 0.251 e. The van der Waals surface area contributed by atoms with E-state index < -0.39 is 0 Å². The van der Waals surface area contributed by atoms with E-state index >= 15 is 0 Å². The largest absolute Gasteiger partial charge is 0.502 e. The Balaban J connectivity index is 2.33. The molecule has 0 saturated heterocycles. The molecular formula is C13H16BrNO2. The molecule has 0 fully saturated rings. The van der Waals surface area contributed by atoms with Crippen LogP contribution in [0.3, 0.4) is 0 Å². The topological polar surface area (TPSA) is 38.3 Å². The van der Waals surface area contributed by atoms with Crippen molar-refractivity contribution >= 4 is 21.8 Å². The van der Waals surface area contributed by atoms with Gasteiger partial charge in [-0.3, -0.25) is 4.79 Å². The van der Waals surface area contributed by atoms with E-state index in [-0.39, 0.29) is 5.91 Å². The molecule has 0 heterocycles. The van der Waals surface area contributed by atoms with Gasteiger partial charge in [0.05, 0.1) is 12.9 Å². The number of rotatable bonds is 7. The van der Waals surface area contributed by atoms with Crippen molar-refractivity contribution in [2.24, 2.45) is 0 Å². The van der Waals surface area contributed by atoms with Crippen molar-refractivity contribution < 1.29 is 9.53 Å². The Hall–Kier alpha value is -1.29. The minimum Gasteiger partial charge on any atom is -0.502 e. The van der Waals surface area contributed by atoms with Crippen LogP contribution < -0.4 is 5.32 Å². The summed E-state index contributed by atoms with van der Waals surface area (Å²) in [6.07, 6.45) is 2.18. The van der Waals surface area contributed by atoms with E-state index in [0.29, 0.717) is 18.7 Å². The molecule has 1 N–H and O–H groups in total. The van der Waals surface area contributed by atoms with Gasteiger partial charge in [0.2, 0.25) is 0 Å². The average Bonchev–Trinajstić information content (AvgIpc) is 2.38. The second-order valence-corrected chi connectivity index (χ2v) is 4.04. The number of ether oxygens (including phenoxy) is 1. The van der Waals surface area contributed by atoms with Crippen LogP contribution in [0.25, 0.3) is 0 Å². The normalized spacial score (nSPS) is 9.71. The third-order valence-corrected chi connectivity index (χ3v) is 2.86. The number of hydrogen-bond acceptors (Lipinski definition) is 2. The molecule has 1 aromatic carbocycles. The average molecular weight is 298 g/mol. The number of carbonyl (C=O) groups excluding carboxylic acids is 1. The lowest BCUT2D eigenvalue weighted by atomic mass is 10.1. The van der Waals surface area contributed by atoms with E-state index in [9.17, 15) is 4.79 Å². The fraction of sp³-hybridized carbons (Fsp3) is 0.308. The molecule has 3 nitrogen and oxygen atoms in total. The molecule has 0 aliphatic carbocycles. The Kier molecular flexibility index (Phi) is 6.40. The van der Waals surface area contributed by atoms with Crippen LogP contribution in [-0.4, -0.2) is 19.1 Å². The van der Waals surface area contributed by atoms with E-state index in [1.165, 1.54) is 6.26 Å². The number of carbonyl (C=O) groups is 1. The van der Waals surface area contributed by atoms with Crippen LogP contribution in [0, 0.1) is 0 Å². The van der Waals surface area contributed by atoms with Gasteiger partial charge in [-0.1, -0.05) is 34.6 Å². The fourth-order valence-corrected chi connectivity index (χ4v) is 1.66. The van der Waals surface area contributed by atoms with Gasteiger partial charge < -0.3 is 10.1 Å². The summed E-state index contributed by atoms with van der Waals surface area (Å²) in [7, 11) is 0. The number of alkyl halides is 1. The molecule has 0 bridgehead atoms. The Morgan fingerprint density at radius 3 is 2.71 bits per heavy atom. The van der Waals surface area contributed by atoms with Crippen molar-refractivity contribution in [3.05, 3.63) is 48.2 Å². The van der Waals surface area contributed by atoms with Gasteiger partial charge in [-0.2, -0.15) is 0 Å². The Morgan fingerprint density at radius 1 is 1.41 bits per heavy atom. The van der Waals surface area contributed by atoms with Gasteiger partial charge in [0.1, 0.15) is 0 Å². The first-order valence-corrected chi connectivity index (χ1v) is 6.55. The highest BCUT2D eigenvalue weighted by Crippen LogP contribution is 2.07. The minimum absolute atomic E-state index is 0.0512. The van der Waals surface area contributed by atoms with Gasteiger partial charge in [-0.25, -0.2) is 0 Å². The van der Waals surface area contributed by atoms with Crippen molar-refractivity contribution in [3.8, 4) is 0 Å². The summed E-state index contributed by atoms with van der Waals surface area (Å²) >= 11 is 3.36. The van der Waals surface area contributed by atoms with Crippen molar-refractivity contribution in [1.29, 1.82) is 0 Å². The van der Waals surface area contributed by atoms with Crippen molar-refractivity contribution in [2.75, 3.05) is 13.2 Å². The molecular weight excluding hydrogens is 282 g/mol. The lowest BCUT2D eigenvalue weighted by Crippen LogP contribution is -2.25. The molecule has 92 valence electrons. The van der Waals surface area contributed by atoms with E-state index in [4.69, 9.17) is 4.74 Å². The highest BCUT2D eigenvalue weighted by atomic mass is 79.9. The SMILES string of the molecule is C=COCCCNC(=O)c1ccc(CBr)cc1. The van der Waals surface area contributed by atoms with E-state index in [2.05, 4.69) is 27.8 Å². The second-order valence-electron chi connectivity index (χ2n) is 3.48. The van der Waals surface area contributed by atoms with Crippen LogP contribution in [0.1, 0.15) is 22.3 Å². The van der Waals surface area contributed by atoms with Crippen LogP contribution in [0.15, 0.2) is 37.1 Å². The fourth-order valence-electron chi connectivity index (χ4n) is 1.29. The molecule has 0 unspecified atom stereocenters. The lowest BCUT2D eigenvalue weighted by Gasteiger charge is -2.05. The summed E-state index contributed by atoms with van der Waals surface area (Å²) in [6, 6.07) is 7.52. The summed E-state index contributed by atoms with van der Waals surface area (Å²) in [6.45, 7) is 4.62. The maximum atomic E-state index is 11.7. The molecule has 0 aliphatic rings. The molecule has 4 heteroatoms. The standard InChI is InChI=1S/C13H16BrNO2/c1-2-17-9-3-8-15-13(16)12-6-4-11(10-14)5-7-12/h2,4-7H,1,3,8-10H2,(H,15,16). The van der Waals surface area contributed by atoms with E-state index in [1.54, 1.807) is 0 Å². The molecule has 1 aromatic rings. The quantitative estimate of drug-likeness (QED) is 0.477. The Morgan fingerprint density at radius 2 is 2.12 bits per heavy atom. The monoisotopic (exact) mass is 297 g/mol. The zero-order chi connectivity index (χ0) is 12.5. The van der Waals surface area contributed by atoms with Crippen LogP contribution >= 0.6 is 15.9 Å². The predicted octanol–water partition coefficient (Wildman–Crippen LogP) is 2.86. The van der Waals surface area contributed by atoms with Gasteiger partial charge in [-0.05, 0) is 24.1 Å².